The number of aromatic nitrogens is 1. The van der Waals surface area contributed by atoms with Gasteiger partial charge < -0.3 is 14.6 Å². The first kappa shape index (κ1) is 17.7. The number of hydrogen-bond donors (Lipinski definition) is 1. The van der Waals surface area contributed by atoms with E-state index in [1.54, 1.807) is 13.2 Å². The summed E-state index contributed by atoms with van der Waals surface area (Å²) in [5.41, 5.74) is 1.72. The molecule has 4 nitrogen and oxygen atoms in total. The molecule has 1 heterocycles. The minimum Gasteiger partial charge on any atom is -0.497 e. The van der Waals surface area contributed by atoms with Crippen molar-refractivity contribution in [2.24, 2.45) is 0 Å². The lowest BCUT2D eigenvalue weighted by atomic mass is 10.0. The van der Waals surface area contributed by atoms with Gasteiger partial charge in [-0.3, -0.25) is 4.79 Å². The number of carbonyl (C=O) groups excluding carboxylic acids is 1. The molecule has 0 aliphatic carbocycles. The topological polar surface area (TPSA) is 43.3 Å². The Morgan fingerprint density at radius 3 is 2.62 bits per heavy atom. The average Bonchev–Trinajstić information content (AvgIpc) is 3.19. The third kappa shape index (κ3) is 4.51. The number of halogens is 1. The number of hydrogen-bond acceptors (Lipinski definition) is 2. The van der Waals surface area contributed by atoms with Crippen molar-refractivity contribution < 1.29 is 13.9 Å². The second kappa shape index (κ2) is 8.34. The molecule has 5 heteroatoms. The van der Waals surface area contributed by atoms with Gasteiger partial charge in [-0.2, -0.15) is 0 Å². The van der Waals surface area contributed by atoms with E-state index in [1.807, 2.05) is 59.4 Å². The Bertz CT molecular complexity index is 862. The number of rotatable bonds is 7. The molecule has 1 N–H and O–H groups in total. The van der Waals surface area contributed by atoms with E-state index in [9.17, 15) is 9.18 Å². The van der Waals surface area contributed by atoms with Crippen LogP contribution in [0.4, 0.5) is 4.39 Å². The number of nitrogens with zero attached hydrogens (tertiary/aromatic N) is 1. The number of nitrogens with one attached hydrogen (secondary N) is 1. The van der Waals surface area contributed by atoms with Gasteiger partial charge in [0.2, 0.25) is 5.91 Å². The summed E-state index contributed by atoms with van der Waals surface area (Å²) in [4.78, 5) is 12.5. The summed E-state index contributed by atoms with van der Waals surface area (Å²) >= 11 is 0. The van der Waals surface area contributed by atoms with Crippen LogP contribution in [0.25, 0.3) is 0 Å². The Labute approximate surface area is 152 Å². The molecule has 0 aliphatic rings. The number of ether oxygens (including phenoxy) is 1. The van der Waals surface area contributed by atoms with Crippen molar-refractivity contribution >= 4 is 5.91 Å². The molecule has 0 bridgehead atoms. The van der Waals surface area contributed by atoms with Crippen molar-refractivity contribution in [1.29, 1.82) is 0 Å². The highest BCUT2D eigenvalue weighted by Gasteiger charge is 2.17. The zero-order chi connectivity index (χ0) is 18.4. The van der Waals surface area contributed by atoms with Crippen LogP contribution in [-0.2, 0) is 11.3 Å². The molecule has 26 heavy (non-hydrogen) atoms. The molecule has 134 valence electrons. The maximum absolute atomic E-state index is 13.6. The van der Waals surface area contributed by atoms with Crippen molar-refractivity contribution in [1.82, 2.24) is 9.88 Å². The second-order valence-corrected chi connectivity index (χ2v) is 6.03. The quantitative estimate of drug-likeness (QED) is 0.700. The zero-order valence-electron chi connectivity index (χ0n) is 14.6. The summed E-state index contributed by atoms with van der Waals surface area (Å²) in [5, 5.41) is 2.93. The summed E-state index contributed by atoms with van der Waals surface area (Å²) in [6.45, 7) is 0.414. The van der Waals surface area contributed by atoms with Crippen LogP contribution in [0.15, 0.2) is 73.1 Å². The minimum atomic E-state index is -0.309. The van der Waals surface area contributed by atoms with Gasteiger partial charge in [0.25, 0.3) is 0 Å². The van der Waals surface area contributed by atoms with E-state index < -0.39 is 0 Å². The van der Waals surface area contributed by atoms with Crippen LogP contribution in [0, 0.1) is 5.82 Å². The van der Waals surface area contributed by atoms with Crippen LogP contribution in [0.5, 0.6) is 5.75 Å². The summed E-state index contributed by atoms with van der Waals surface area (Å²) in [6, 6.07) is 17.5. The maximum atomic E-state index is 13.6. The van der Waals surface area contributed by atoms with Crippen molar-refractivity contribution in [3.63, 3.8) is 0 Å². The first-order valence-electron chi connectivity index (χ1n) is 8.43. The molecule has 3 aromatic rings. The average molecular weight is 352 g/mol. The third-order valence-electron chi connectivity index (χ3n) is 4.22. The highest BCUT2D eigenvalue weighted by molar-refractivity contribution is 5.76. The van der Waals surface area contributed by atoms with Gasteiger partial charge in [-0.15, -0.1) is 0 Å². The third-order valence-corrected chi connectivity index (χ3v) is 4.22. The number of amides is 1. The normalized spacial score (nSPS) is 11.8. The van der Waals surface area contributed by atoms with Gasteiger partial charge in [-0.25, -0.2) is 4.39 Å². The second-order valence-electron chi connectivity index (χ2n) is 6.03. The fourth-order valence-electron chi connectivity index (χ4n) is 2.90. The molecular weight excluding hydrogens is 331 g/mol. The van der Waals surface area contributed by atoms with Gasteiger partial charge in [0.15, 0.2) is 0 Å². The van der Waals surface area contributed by atoms with E-state index in [-0.39, 0.29) is 24.2 Å². The summed E-state index contributed by atoms with van der Waals surface area (Å²) in [7, 11) is 1.61. The molecule has 3 rings (SSSR count). The predicted octanol–water partition coefficient (Wildman–Crippen LogP) is 3.93. The zero-order valence-corrected chi connectivity index (χ0v) is 14.6. The first-order chi connectivity index (χ1) is 12.7. The maximum Gasteiger partial charge on any atom is 0.222 e. The Kier molecular flexibility index (Phi) is 5.69. The largest absolute Gasteiger partial charge is 0.497 e. The van der Waals surface area contributed by atoms with Crippen molar-refractivity contribution in [3.8, 4) is 5.75 Å². The minimum absolute atomic E-state index is 0.101. The molecule has 1 unspecified atom stereocenters. The molecule has 0 aliphatic heterocycles. The Morgan fingerprint density at radius 2 is 1.88 bits per heavy atom. The molecule has 0 spiro atoms. The van der Waals surface area contributed by atoms with Crippen LogP contribution in [0.3, 0.4) is 0 Å². The molecular formula is C21H21FN2O2. The van der Waals surface area contributed by atoms with E-state index in [0.29, 0.717) is 6.54 Å². The summed E-state index contributed by atoms with van der Waals surface area (Å²) in [5.74, 6) is 0.342. The Morgan fingerprint density at radius 1 is 1.12 bits per heavy atom. The lowest BCUT2D eigenvalue weighted by Gasteiger charge is -2.19. The van der Waals surface area contributed by atoms with E-state index in [2.05, 4.69) is 5.32 Å². The van der Waals surface area contributed by atoms with Crippen molar-refractivity contribution in [2.45, 2.75) is 19.0 Å². The standard InChI is InChI=1S/C21H21FN2O2/c1-26-19-9-4-6-16(12-19)15-23-21(25)14-20(24-10-2-3-11-24)17-7-5-8-18(22)13-17/h2-13,20H,14-15H2,1H3,(H,23,25). The van der Waals surface area contributed by atoms with E-state index in [4.69, 9.17) is 4.74 Å². The van der Waals surface area contributed by atoms with Gasteiger partial charge >= 0.3 is 0 Å². The van der Waals surface area contributed by atoms with E-state index in [1.165, 1.54) is 12.1 Å². The predicted molar refractivity (Wildman–Crippen MR) is 98.4 cm³/mol. The van der Waals surface area contributed by atoms with Gasteiger partial charge in [0.1, 0.15) is 11.6 Å². The molecule has 0 radical (unpaired) electrons. The van der Waals surface area contributed by atoms with Gasteiger partial charge in [0, 0.05) is 18.9 Å². The fraction of sp³-hybridized carbons (Fsp3) is 0.190. The SMILES string of the molecule is COc1cccc(CNC(=O)CC(c2cccc(F)c2)n2cccc2)c1. The molecule has 0 saturated carbocycles. The molecule has 0 fully saturated rings. The molecule has 1 amide bonds. The smallest absolute Gasteiger partial charge is 0.222 e. The molecule has 1 aromatic heterocycles. The van der Waals surface area contributed by atoms with E-state index >= 15 is 0 Å². The van der Waals surface area contributed by atoms with Crippen LogP contribution in [-0.4, -0.2) is 17.6 Å². The van der Waals surface area contributed by atoms with E-state index in [0.717, 1.165) is 16.9 Å². The first-order valence-corrected chi connectivity index (χ1v) is 8.43. The van der Waals surface area contributed by atoms with Crippen LogP contribution >= 0.6 is 0 Å². The van der Waals surface area contributed by atoms with Crippen LogP contribution in [0.1, 0.15) is 23.6 Å². The van der Waals surface area contributed by atoms with Gasteiger partial charge in [-0.1, -0.05) is 24.3 Å². The van der Waals surface area contributed by atoms with Crippen LogP contribution in [0.2, 0.25) is 0 Å². The Hall–Kier alpha value is -3.08. The number of methoxy groups -OCH3 is 1. The van der Waals surface area contributed by atoms with Crippen molar-refractivity contribution in [3.05, 3.63) is 90.0 Å². The highest BCUT2D eigenvalue weighted by Crippen LogP contribution is 2.23. The molecule has 2 aromatic carbocycles. The lowest BCUT2D eigenvalue weighted by Crippen LogP contribution is -2.26. The number of carbonyl (C=O) groups is 1. The summed E-state index contributed by atoms with van der Waals surface area (Å²) in [6.07, 6.45) is 3.98. The number of benzene rings is 2. The van der Waals surface area contributed by atoms with Gasteiger partial charge in [0.05, 0.1) is 19.6 Å². The van der Waals surface area contributed by atoms with Crippen LogP contribution < -0.4 is 10.1 Å². The lowest BCUT2D eigenvalue weighted by molar-refractivity contribution is -0.121. The monoisotopic (exact) mass is 352 g/mol. The fourth-order valence-corrected chi connectivity index (χ4v) is 2.90. The highest BCUT2D eigenvalue weighted by atomic mass is 19.1. The summed E-state index contributed by atoms with van der Waals surface area (Å²) < 4.78 is 20.7. The molecule has 1 atom stereocenters. The molecule has 0 saturated heterocycles. The van der Waals surface area contributed by atoms with Crippen molar-refractivity contribution in [2.75, 3.05) is 7.11 Å². The Balaban J connectivity index is 1.69. The van der Waals surface area contributed by atoms with Gasteiger partial charge in [-0.05, 0) is 47.5 Å².